The van der Waals surface area contributed by atoms with Gasteiger partial charge in [-0.2, -0.15) is 0 Å². The first-order valence-electron chi connectivity index (χ1n) is 13.2. The lowest BCUT2D eigenvalue weighted by Crippen LogP contribution is -2.53. The molecular weight excluding hydrogens is 468 g/mol. The Morgan fingerprint density at radius 2 is 1.92 bits per heavy atom. The van der Waals surface area contributed by atoms with Crippen molar-refractivity contribution in [3.63, 3.8) is 0 Å². The van der Waals surface area contributed by atoms with E-state index >= 15 is 0 Å². The molecule has 0 spiro atoms. The van der Waals surface area contributed by atoms with Gasteiger partial charge >= 0.3 is 6.03 Å². The number of likely N-dealkylation sites (N-methyl/N-ethyl adjacent to an activating group) is 1. The van der Waals surface area contributed by atoms with Crippen LogP contribution in [0.3, 0.4) is 0 Å². The Bertz CT molecular complexity index is 1330. The Kier molecular flexibility index (Phi) is 6.62. The number of nitrogens with one attached hydrogen (secondary N) is 1. The average Bonchev–Trinajstić information content (AvgIpc) is 3.32. The van der Waals surface area contributed by atoms with Crippen molar-refractivity contribution in [2.75, 3.05) is 32.8 Å². The van der Waals surface area contributed by atoms with Crippen LogP contribution in [0.25, 0.3) is 10.9 Å². The van der Waals surface area contributed by atoms with Crippen molar-refractivity contribution >= 4 is 22.8 Å². The monoisotopic (exact) mass is 504 g/mol. The van der Waals surface area contributed by atoms with Crippen molar-refractivity contribution in [1.29, 1.82) is 0 Å². The molecule has 8 nitrogen and oxygen atoms in total. The fraction of sp³-hybridized carbons (Fsp3) is 0.448. The van der Waals surface area contributed by atoms with Gasteiger partial charge in [-0.05, 0) is 74.8 Å². The summed E-state index contributed by atoms with van der Waals surface area (Å²) < 4.78 is 5.77. The number of aromatic nitrogens is 1. The Labute approximate surface area is 217 Å². The van der Waals surface area contributed by atoms with Crippen LogP contribution in [0.5, 0.6) is 11.5 Å². The van der Waals surface area contributed by atoms with Gasteiger partial charge in [-0.15, -0.1) is 0 Å². The molecule has 8 heteroatoms. The van der Waals surface area contributed by atoms with Gasteiger partial charge in [0.05, 0.1) is 12.6 Å². The SMILES string of the molecule is CCOc1ccc2[nH]c3c(c2c1)C[C@@]1(C)C(=O)N(CCN(CC)CC)C(=O)N1C3Cc1cccc(O)c1. The summed E-state index contributed by atoms with van der Waals surface area (Å²) in [5.74, 6) is 0.814. The van der Waals surface area contributed by atoms with Crippen LogP contribution in [-0.2, 0) is 17.6 Å². The molecule has 2 N–H and O–H groups in total. The van der Waals surface area contributed by atoms with E-state index in [1.165, 1.54) is 4.90 Å². The van der Waals surface area contributed by atoms with E-state index in [1.807, 2.05) is 38.1 Å². The number of nitrogens with zero attached hydrogens (tertiary/aromatic N) is 3. The zero-order valence-electron chi connectivity index (χ0n) is 22.1. The normalized spacial score (nSPS) is 21.2. The first kappa shape index (κ1) is 25.1. The number of phenolic OH excluding ortho intramolecular Hbond substituents is 1. The molecule has 1 saturated heterocycles. The smallest absolute Gasteiger partial charge is 0.328 e. The van der Waals surface area contributed by atoms with E-state index in [1.54, 1.807) is 23.1 Å². The number of urea groups is 1. The number of H-pyrrole nitrogens is 1. The lowest BCUT2D eigenvalue weighted by atomic mass is 9.81. The van der Waals surface area contributed by atoms with Crippen molar-refractivity contribution in [3.8, 4) is 11.5 Å². The lowest BCUT2D eigenvalue weighted by molar-refractivity contribution is -0.133. The maximum absolute atomic E-state index is 13.9. The summed E-state index contributed by atoms with van der Waals surface area (Å²) in [5.41, 5.74) is 2.85. The van der Waals surface area contributed by atoms with Gasteiger partial charge in [0.1, 0.15) is 17.0 Å². The van der Waals surface area contributed by atoms with Crippen molar-refractivity contribution in [2.45, 2.75) is 52.1 Å². The van der Waals surface area contributed by atoms with Crippen LogP contribution >= 0.6 is 0 Å². The van der Waals surface area contributed by atoms with Gasteiger partial charge in [0, 0.05) is 36.1 Å². The minimum atomic E-state index is -0.994. The van der Waals surface area contributed by atoms with Gasteiger partial charge in [-0.25, -0.2) is 4.79 Å². The summed E-state index contributed by atoms with van der Waals surface area (Å²) in [6.07, 6.45) is 0.909. The summed E-state index contributed by atoms with van der Waals surface area (Å²) in [6.45, 7) is 11.3. The molecular formula is C29H36N4O4. The first-order chi connectivity index (χ1) is 17.8. The quantitative estimate of drug-likeness (QED) is 0.420. The highest BCUT2D eigenvalue weighted by atomic mass is 16.5. The number of amides is 3. The van der Waals surface area contributed by atoms with Crippen LogP contribution < -0.4 is 4.74 Å². The minimum Gasteiger partial charge on any atom is -0.508 e. The van der Waals surface area contributed by atoms with Crippen LogP contribution in [0, 0.1) is 0 Å². The molecule has 3 heterocycles. The molecule has 0 radical (unpaired) electrons. The average molecular weight is 505 g/mol. The third kappa shape index (κ3) is 4.23. The van der Waals surface area contributed by atoms with Gasteiger partial charge in [0.25, 0.3) is 5.91 Å². The second kappa shape index (κ2) is 9.74. The lowest BCUT2D eigenvalue weighted by Gasteiger charge is -2.42. The number of benzene rings is 2. The molecule has 2 aliphatic rings. The van der Waals surface area contributed by atoms with E-state index in [0.29, 0.717) is 32.5 Å². The van der Waals surface area contributed by atoms with E-state index in [9.17, 15) is 14.7 Å². The Morgan fingerprint density at radius 1 is 1.14 bits per heavy atom. The topological polar surface area (TPSA) is 89.1 Å². The van der Waals surface area contributed by atoms with Gasteiger partial charge in [0.2, 0.25) is 0 Å². The number of phenols is 1. The number of fused-ring (bicyclic) bond motifs is 4. The zero-order chi connectivity index (χ0) is 26.3. The molecule has 5 rings (SSSR count). The van der Waals surface area contributed by atoms with Gasteiger partial charge in [-0.3, -0.25) is 9.69 Å². The molecule has 0 bridgehead atoms. The maximum atomic E-state index is 13.9. The van der Waals surface area contributed by atoms with Crippen molar-refractivity contribution in [1.82, 2.24) is 19.7 Å². The highest BCUT2D eigenvalue weighted by Gasteiger charge is 2.59. The summed E-state index contributed by atoms with van der Waals surface area (Å²) in [7, 11) is 0. The molecule has 3 amide bonds. The molecule has 37 heavy (non-hydrogen) atoms. The van der Waals surface area contributed by atoms with Gasteiger partial charge < -0.3 is 24.6 Å². The summed E-state index contributed by atoms with van der Waals surface area (Å²) >= 11 is 0. The number of aromatic hydroxyl groups is 1. The van der Waals surface area contributed by atoms with Crippen LogP contribution in [0.15, 0.2) is 42.5 Å². The van der Waals surface area contributed by atoms with Crippen molar-refractivity contribution < 1.29 is 19.4 Å². The minimum absolute atomic E-state index is 0.147. The second-order valence-corrected chi connectivity index (χ2v) is 10.1. The standard InChI is InChI=1S/C29H36N4O4/c1-5-31(6-2)13-14-32-27(35)29(4)18-23-22-17-21(37-7-3)11-12-24(22)30-26(23)25(33(29)28(32)36)16-19-9-8-10-20(34)15-19/h8-12,15,17,25,30,34H,5-7,13-14,16,18H2,1-4H3/t25?,29-/m0/s1. The van der Waals surface area contributed by atoms with E-state index in [2.05, 4.69) is 23.7 Å². The number of ether oxygens (including phenoxy) is 1. The van der Waals surface area contributed by atoms with E-state index in [0.717, 1.165) is 46.6 Å². The molecule has 1 unspecified atom stereocenters. The highest BCUT2D eigenvalue weighted by Crippen LogP contribution is 2.47. The van der Waals surface area contributed by atoms with Crippen molar-refractivity contribution in [2.24, 2.45) is 0 Å². The van der Waals surface area contributed by atoms with Crippen LogP contribution in [-0.4, -0.2) is 75.1 Å². The van der Waals surface area contributed by atoms with Crippen molar-refractivity contribution in [3.05, 3.63) is 59.3 Å². The second-order valence-electron chi connectivity index (χ2n) is 10.1. The zero-order valence-corrected chi connectivity index (χ0v) is 22.1. The predicted octanol–water partition coefficient (Wildman–Crippen LogP) is 4.48. The molecule has 2 atom stereocenters. The number of hydrogen-bond donors (Lipinski definition) is 2. The largest absolute Gasteiger partial charge is 0.508 e. The van der Waals surface area contributed by atoms with E-state index in [4.69, 9.17) is 4.74 Å². The molecule has 1 fully saturated rings. The van der Waals surface area contributed by atoms with Gasteiger partial charge in [0.15, 0.2) is 0 Å². The van der Waals surface area contributed by atoms with Crippen LogP contribution in [0.1, 0.15) is 50.6 Å². The van der Waals surface area contributed by atoms with E-state index in [-0.39, 0.29) is 23.7 Å². The number of imide groups is 1. The highest BCUT2D eigenvalue weighted by molar-refractivity contribution is 6.08. The Morgan fingerprint density at radius 3 is 2.62 bits per heavy atom. The number of hydrogen-bond acceptors (Lipinski definition) is 5. The fourth-order valence-electron chi connectivity index (χ4n) is 5.99. The Balaban J connectivity index is 1.60. The number of rotatable bonds is 9. The van der Waals surface area contributed by atoms with E-state index < -0.39 is 5.54 Å². The molecule has 2 aliphatic heterocycles. The molecule has 1 aromatic heterocycles. The molecule has 2 aromatic carbocycles. The van der Waals surface area contributed by atoms with Crippen LogP contribution in [0.4, 0.5) is 4.79 Å². The third-order valence-electron chi connectivity index (χ3n) is 7.94. The Hall–Kier alpha value is -3.52. The number of carbonyl (C=O) groups is 2. The predicted molar refractivity (Wildman–Crippen MR) is 143 cm³/mol. The molecule has 0 aliphatic carbocycles. The summed E-state index contributed by atoms with van der Waals surface area (Å²) in [5, 5.41) is 11.1. The molecule has 0 saturated carbocycles. The van der Waals surface area contributed by atoms with Crippen LogP contribution in [0.2, 0.25) is 0 Å². The molecule has 3 aromatic rings. The first-order valence-corrected chi connectivity index (χ1v) is 13.2. The fourth-order valence-corrected chi connectivity index (χ4v) is 5.99. The number of aromatic amines is 1. The third-order valence-corrected chi connectivity index (χ3v) is 7.94. The summed E-state index contributed by atoms with van der Waals surface area (Å²) in [4.78, 5) is 36.8. The maximum Gasteiger partial charge on any atom is 0.328 e. The molecule has 196 valence electrons. The van der Waals surface area contributed by atoms with Gasteiger partial charge in [-0.1, -0.05) is 26.0 Å². The number of carbonyl (C=O) groups excluding carboxylic acids is 2. The summed E-state index contributed by atoms with van der Waals surface area (Å²) in [6, 6.07) is 12.4.